The SMILES string of the molecule is COC(=O)c1nc(N(C)Cc2ccc(Cl)cc2)sc1C. The second-order valence-corrected chi connectivity index (χ2v) is 5.99. The number of anilines is 1. The molecule has 1 heterocycles. The lowest BCUT2D eigenvalue weighted by atomic mass is 10.2. The quantitative estimate of drug-likeness (QED) is 0.810. The lowest BCUT2D eigenvalue weighted by Gasteiger charge is -2.15. The molecular formula is C14H15ClN2O2S. The maximum absolute atomic E-state index is 11.6. The highest BCUT2D eigenvalue weighted by atomic mass is 35.5. The summed E-state index contributed by atoms with van der Waals surface area (Å²) in [7, 11) is 3.30. The van der Waals surface area contributed by atoms with E-state index in [4.69, 9.17) is 16.3 Å². The molecule has 0 spiro atoms. The number of thiazole rings is 1. The molecule has 20 heavy (non-hydrogen) atoms. The van der Waals surface area contributed by atoms with Gasteiger partial charge in [0.2, 0.25) is 0 Å². The van der Waals surface area contributed by atoms with E-state index >= 15 is 0 Å². The first-order valence-electron chi connectivity index (χ1n) is 6.02. The fourth-order valence-electron chi connectivity index (χ4n) is 1.76. The molecule has 0 amide bonds. The minimum absolute atomic E-state index is 0.385. The predicted octanol–water partition coefficient (Wildman–Crippen LogP) is 3.53. The molecule has 0 saturated heterocycles. The van der Waals surface area contributed by atoms with Gasteiger partial charge in [0.25, 0.3) is 0 Å². The van der Waals surface area contributed by atoms with Gasteiger partial charge in [-0.3, -0.25) is 0 Å². The average Bonchev–Trinajstić information content (AvgIpc) is 2.82. The number of methoxy groups -OCH3 is 1. The van der Waals surface area contributed by atoms with E-state index in [0.29, 0.717) is 12.2 Å². The van der Waals surface area contributed by atoms with Crippen molar-refractivity contribution >= 4 is 34.0 Å². The Labute approximate surface area is 127 Å². The number of carbonyl (C=O) groups excluding carboxylic acids is 1. The van der Waals surface area contributed by atoms with Crippen LogP contribution in [0.25, 0.3) is 0 Å². The van der Waals surface area contributed by atoms with Crippen LogP contribution in [0.2, 0.25) is 5.02 Å². The molecular weight excluding hydrogens is 296 g/mol. The summed E-state index contributed by atoms with van der Waals surface area (Å²) in [5, 5.41) is 1.51. The van der Waals surface area contributed by atoms with Crippen LogP contribution in [-0.2, 0) is 11.3 Å². The van der Waals surface area contributed by atoms with Crippen molar-refractivity contribution in [3.8, 4) is 0 Å². The van der Waals surface area contributed by atoms with Gasteiger partial charge < -0.3 is 9.64 Å². The van der Waals surface area contributed by atoms with Gasteiger partial charge in [-0.25, -0.2) is 9.78 Å². The van der Waals surface area contributed by atoms with E-state index < -0.39 is 5.97 Å². The average molecular weight is 311 g/mol. The Balaban J connectivity index is 2.15. The molecule has 0 unspecified atom stereocenters. The Kier molecular flexibility index (Phi) is 4.62. The summed E-state index contributed by atoms with van der Waals surface area (Å²) in [5.74, 6) is -0.398. The third kappa shape index (κ3) is 3.29. The Hall–Kier alpha value is -1.59. The number of esters is 1. The topological polar surface area (TPSA) is 42.4 Å². The molecule has 2 aromatic rings. The Morgan fingerprint density at radius 1 is 1.40 bits per heavy atom. The van der Waals surface area contributed by atoms with Crippen LogP contribution < -0.4 is 4.90 Å². The fourth-order valence-corrected chi connectivity index (χ4v) is 2.75. The standard InChI is InChI=1S/C14H15ClN2O2S/c1-9-12(13(18)19-3)16-14(20-9)17(2)8-10-4-6-11(15)7-5-10/h4-7H,8H2,1-3H3. The number of carbonyl (C=O) groups is 1. The van der Waals surface area contributed by atoms with Crippen LogP contribution in [0.5, 0.6) is 0 Å². The lowest BCUT2D eigenvalue weighted by molar-refractivity contribution is 0.0594. The van der Waals surface area contributed by atoms with Gasteiger partial charge in [-0.15, -0.1) is 11.3 Å². The molecule has 0 radical (unpaired) electrons. The van der Waals surface area contributed by atoms with Crippen LogP contribution in [0.3, 0.4) is 0 Å². The van der Waals surface area contributed by atoms with E-state index in [9.17, 15) is 4.79 Å². The summed E-state index contributed by atoms with van der Waals surface area (Å²) in [6.45, 7) is 2.56. The van der Waals surface area contributed by atoms with E-state index in [1.165, 1.54) is 18.4 Å². The first kappa shape index (κ1) is 14.8. The van der Waals surface area contributed by atoms with Gasteiger partial charge in [0.15, 0.2) is 10.8 Å². The predicted molar refractivity (Wildman–Crippen MR) is 81.7 cm³/mol. The first-order valence-corrected chi connectivity index (χ1v) is 7.22. The van der Waals surface area contributed by atoms with Gasteiger partial charge in [-0.1, -0.05) is 23.7 Å². The van der Waals surface area contributed by atoms with Crippen molar-refractivity contribution in [2.24, 2.45) is 0 Å². The molecule has 0 saturated carbocycles. The van der Waals surface area contributed by atoms with Crippen LogP contribution in [-0.4, -0.2) is 25.1 Å². The third-order valence-electron chi connectivity index (χ3n) is 2.82. The summed E-state index contributed by atoms with van der Waals surface area (Å²) in [5.41, 5.74) is 1.51. The molecule has 0 aliphatic carbocycles. The number of aromatic nitrogens is 1. The summed E-state index contributed by atoms with van der Waals surface area (Å²) in [4.78, 5) is 18.7. The van der Waals surface area contributed by atoms with Crippen molar-refractivity contribution in [3.05, 3.63) is 45.4 Å². The highest BCUT2D eigenvalue weighted by molar-refractivity contribution is 7.15. The van der Waals surface area contributed by atoms with Crippen molar-refractivity contribution in [2.75, 3.05) is 19.1 Å². The Morgan fingerprint density at radius 2 is 2.05 bits per heavy atom. The monoisotopic (exact) mass is 310 g/mol. The zero-order chi connectivity index (χ0) is 14.7. The van der Waals surface area contributed by atoms with Crippen LogP contribution in [0.1, 0.15) is 20.9 Å². The summed E-state index contributed by atoms with van der Waals surface area (Å²) in [6, 6.07) is 7.66. The Morgan fingerprint density at radius 3 is 2.65 bits per heavy atom. The van der Waals surface area contributed by atoms with Crippen molar-refractivity contribution < 1.29 is 9.53 Å². The molecule has 4 nitrogen and oxygen atoms in total. The molecule has 1 aromatic heterocycles. The zero-order valence-corrected chi connectivity index (χ0v) is 13.1. The van der Waals surface area contributed by atoms with Gasteiger partial charge >= 0.3 is 5.97 Å². The van der Waals surface area contributed by atoms with Gasteiger partial charge in [0.1, 0.15) is 0 Å². The van der Waals surface area contributed by atoms with Crippen molar-refractivity contribution in [1.29, 1.82) is 0 Å². The third-order valence-corrected chi connectivity index (χ3v) is 4.16. The second-order valence-electron chi connectivity index (χ2n) is 4.38. The summed E-state index contributed by atoms with van der Waals surface area (Å²) < 4.78 is 4.71. The Bertz CT molecular complexity index is 610. The smallest absolute Gasteiger partial charge is 0.357 e. The molecule has 1 aromatic carbocycles. The van der Waals surface area contributed by atoms with Gasteiger partial charge in [-0.2, -0.15) is 0 Å². The minimum Gasteiger partial charge on any atom is -0.464 e. The lowest BCUT2D eigenvalue weighted by Crippen LogP contribution is -2.16. The number of benzene rings is 1. The molecule has 0 atom stereocenters. The molecule has 0 fully saturated rings. The molecule has 2 rings (SSSR count). The van der Waals surface area contributed by atoms with Crippen molar-refractivity contribution in [3.63, 3.8) is 0 Å². The van der Waals surface area contributed by atoms with E-state index in [0.717, 1.165) is 20.6 Å². The molecule has 0 aliphatic heterocycles. The van der Waals surface area contributed by atoms with E-state index in [-0.39, 0.29) is 0 Å². The largest absolute Gasteiger partial charge is 0.464 e. The highest BCUT2D eigenvalue weighted by Crippen LogP contribution is 2.26. The van der Waals surface area contributed by atoms with Crippen molar-refractivity contribution in [1.82, 2.24) is 4.98 Å². The number of ether oxygens (including phenoxy) is 1. The van der Waals surface area contributed by atoms with Crippen LogP contribution in [0.15, 0.2) is 24.3 Å². The molecule has 0 N–H and O–H groups in total. The molecule has 0 aliphatic rings. The van der Waals surface area contributed by atoms with Crippen LogP contribution in [0, 0.1) is 6.92 Å². The fraction of sp³-hybridized carbons (Fsp3) is 0.286. The normalized spacial score (nSPS) is 10.4. The number of nitrogens with zero attached hydrogens (tertiary/aromatic N) is 2. The van der Waals surface area contributed by atoms with Gasteiger partial charge in [0.05, 0.1) is 7.11 Å². The van der Waals surface area contributed by atoms with Crippen LogP contribution >= 0.6 is 22.9 Å². The molecule has 6 heteroatoms. The van der Waals surface area contributed by atoms with Crippen molar-refractivity contribution in [2.45, 2.75) is 13.5 Å². The second kappa shape index (κ2) is 6.24. The van der Waals surface area contributed by atoms with E-state index in [1.54, 1.807) is 0 Å². The first-order chi connectivity index (χ1) is 9.51. The number of halogens is 1. The minimum atomic E-state index is -0.398. The highest BCUT2D eigenvalue weighted by Gasteiger charge is 2.17. The zero-order valence-electron chi connectivity index (χ0n) is 11.5. The number of hydrogen-bond donors (Lipinski definition) is 0. The molecule has 0 bridgehead atoms. The maximum atomic E-state index is 11.6. The number of aryl methyl sites for hydroxylation is 1. The summed E-state index contributed by atoms with van der Waals surface area (Å²) >= 11 is 7.34. The summed E-state index contributed by atoms with van der Waals surface area (Å²) in [6.07, 6.45) is 0. The van der Waals surface area contributed by atoms with Gasteiger partial charge in [-0.05, 0) is 24.6 Å². The van der Waals surface area contributed by atoms with Gasteiger partial charge in [0, 0.05) is 23.5 Å². The number of hydrogen-bond acceptors (Lipinski definition) is 5. The number of rotatable bonds is 4. The maximum Gasteiger partial charge on any atom is 0.357 e. The van der Waals surface area contributed by atoms with E-state index in [2.05, 4.69) is 4.98 Å². The van der Waals surface area contributed by atoms with Crippen LogP contribution in [0.4, 0.5) is 5.13 Å². The van der Waals surface area contributed by atoms with E-state index in [1.807, 2.05) is 43.1 Å². The molecule has 106 valence electrons.